The molecule has 0 unspecified atom stereocenters. The lowest BCUT2D eigenvalue weighted by molar-refractivity contribution is 0.414. The first-order valence-electron chi connectivity index (χ1n) is 6.97. The summed E-state index contributed by atoms with van der Waals surface area (Å²) in [5.74, 6) is 1.58. The lowest BCUT2D eigenvalue weighted by atomic mass is 10.1. The molecule has 22 heavy (non-hydrogen) atoms. The van der Waals surface area contributed by atoms with Crippen LogP contribution in [0.5, 0.6) is 5.75 Å². The van der Waals surface area contributed by atoms with Gasteiger partial charge in [-0.3, -0.25) is 0 Å². The molecule has 0 saturated carbocycles. The number of methoxy groups -OCH3 is 1. The fraction of sp³-hybridized carbons (Fsp3) is 0.176. The van der Waals surface area contributed by atoms with Crippen molar-refractivity contribution in [1.82, 2.24) is 10.2 Å². The van der Waals surface area contributed by atoms with Crippen molar-refractivity contribution in [2.75, 3.05) is 12.4 Å². The molecule has 2 aromatic carbocycles. The zero-order valence-corrected chi connectivity index (χ0v) is 13.2. The standard InChI is InChI=1S/C17H16ClN3O/c1-11-3-8-14-15(9-11)17(21-20-16(14)18)19-10-12-4-6-13(22-2)7-5-12/h3-9H,10H2,1-2H3,(H,19,21). The summed E-state index contributed by atoms with van der Waals surface area (Å²) in [6.07, 6.45) is 0. The van der Waals surface area contributed by atoms with Gasteiger partial charge in [-0.25, -0.2) is 0 Å². The lowest BCUT2D eigenvalue weighted by Gasteiger charge is -2.10. The third kappa shape index (κ3) is 2.97. The second-order valence-corrected chi connectivity index (χ2v) is 5.45. The number of hydrogen-bond donors (Lipinski definition) is 1. The maximum absolute atomic E-state index is 6.12. The quantitative estimate of drug-likeness (QED) is 0.783. The number of halogens is 1. The van der Waals surface area contributed by atoms with E-state index in [1.807, 2.05) is 43.3 Å². The first-order chi connectivity index (χ1) is 10.7. The van der Waals surface area contributed by atoms with Gasteiger partial charge in [0.15, 0.2) is 11.0 Å². The van der Waals surface area contributed by atoms with Gasteiger partial charge in [0.1, 0.15) is 5.75 Å². The molecule has 0 radical (unpaired) electrons. The van der Waals surface area contributed by atoms with Crippen molar-refractivity contribution in [3.63, 3.8) is 0 Å². The molecule has 0 aliphatic heterocycles. The summed E-state index contributed by atoms with van der Waals surface area (Å²) in [6, 6.07) is 14.0. The van der Waals surface area contributed by atoms with E-state index in [2.05, 4.69) is 21.6 Å². The molecule has 3 aromatic rings. The van der Waals surface area contributed by atoms with Crippen molar-refractivity contribution < 1.29 is 4.74 Å². The molecule has 112 valence electrons. The number of hydrogen-bond acceptors (Lipinski definition) is 4. The lowest BCUT2D eigenvalue weighted by Crippen LogP contribution is -2.03. The maximum Gasteiger partial charge on any atom is 0.159 e. The number of benzene rings is 2. The zero-order valence-electron chi connectivity index (χ0n) is 12.4. The average Bonchev–Trinajstić information content (AvgIpc) is 2.54. The normalized spacial score (nSPS) is 10.7. The minimum absolute atomic E-state index is 0.421. The molecule has 1 N–H and O–H groups in total. The number of aromatic nitrogens is 2. The smallest absolute Gasteiger partial charge is 0.159 e. The highest BCUT2D eigenvalue weighted by Gasteiger charge is 2.08. The predicted molar refractivity (Wildman–Crippen MR) is 89.6 cm³/mol. The van der Waals surface area contributed by atoms with Crippen LogP contribution in [0.25, 0.3) is 10.8 Å². The minimum Gasteiger partial charge on any atom is -0.497 e. The van der Waals surface area contributed by atoms with Crippen LogP contribution in [0, 0.1) is 6.92 Å². The topological polar surface area (TPSA) is 47.0 Å². The van der Waals surface area contributed by atoms with Gasteiger partial charge in [-0.1, -0.05) is 41.4 Å². The molecule has 0 aliphatic rings. The van der Waals surface area contributed by atoms with Gasteiger partial charge in [-0.2, -0.15) is 0 Å². The van der Waals surface area contributed by atoms with Crippen LogP contribution in [0.3, 0.4) is 0 Å². The largest absolute Gasteiger partial charge is 0.497 e. The van der Waals surface area contributed by atoms with E-state index in [1.165, 1.54) is 0 Å². The summed E-state index contributed by atoms with van der Waals surface area (Å²) >= 11 is 6.12. The number of nitrogens with zero attached hydrogens (tertiary/aromatic N) is 2. The van der Waals surface area contributed by atoms with E-state index in [0.717, 1.165) is 33.5 Å². The first kappa shape index (κ1) is 14.6. The Morgan fingerprint density at radius 3 is 2.55 bits per heavy atom. The van der Waals surface area contributed by atoms with E-state index in [9.17, 15) is 0 Å². The van der Waals surface area contributed by atoms with Crippen molar-refractivity contribution in [3.05, 3.63) is 58.7 Å². The SMILES string of the molecule is COc1ccc(CNc2nnc(Cl)c3ccc(C)cc23)cc1. The van der Waals surface area contributed by atoms with Crippen LogP contribution in [-0.2, 0) is 6.54 Å². The Balaban J connectivity index is 1.87. The summed E-state index contributed by atoms with van der Waals surface area (Å²) in [5, 5.41) is 13.8. The molecule has 0 spiro atoms. The Kier molecular flexibility index (Phi) is 4.11. The van der Waals surface area contributed by atoms with Crippen LogP contribution in [0.2, 0.25) is 5.15 Å². The Hall–Kier alpha value is -2.33. The number of aryl methyl sites for hydroxylation is 1. The van der Waals surface area contributed by atoms with Crippen LogP contribution >= 0.6 is 11.6 Å². The number of fused-ring (bicyclic) bond motifs is 1. The van der Waals surface area contributed by atoms with Crippen molar-refractivity contribution in [2.24, 2.45) is 0 Å². The van der Waals surface area contributed by atoms with Crippen molar-refractivity contribution >= 4 is 28.2 Å². The Labute approximate surface area is 134 Å². The van der Waals surface area contributed by atoms with Gasteiger partial charge in [0.2, 0.25) is 0 Å². The number of anilines is 1. The van der Waals surface area contributed by atoms with E-state index in [0.29, 0.717) is 11.7 Å². The highest BCUT2D eigenvalue weighted by atomic mass is 35.5. The summed E-state index contributed by atoms with van der Waals surface area (Å²) in [6.45, 7) is 2.70. The van der Waals surface area contributed by atoms with E-state index in [-0.39, 0.29) is 0 Å². The Bertz CT molecular complexity index is 803. The van der Waals surface area contributed by atoms with E-state index >= 15 is 0 Å². The average molecular weight is 314 g/mol. The van der Waals surface area contributed by atoms with Gasteiger partial charge in [0.25, 0.3) is 0 Å². The van der Waals surface area contributed by atoms with Gasteiger partial charge in [0, 0.05) is 17.3 Å². The highest BCUT2D eigenvalue weighted by molar-refractivity contribution is 6.34. The van der Waals surface area contributed by atoms with Crippen molar-refractivity contribution in [3.8, 4) is 5.75 Å². The molecule has 1 heterocycles. The van der Waals surface area contributed by atoms with E-state index < -0.39 is 0 Å². The van der Waals surface area contributed by atoms with Gasteiger partial charge < -0.3 is 10.1 Å². The molecular weight excluding hydrogens is 298 g/mol. The molecule has 1 aromatic heterocycles. The van der Waals surface area contributed by atoms with Gasteiger partial charge in [-0.15, -0.1) is 10.2 Å². The number of ether oxygens (including phenoxy) is 1. The van der Waals surface area contributed by atoms with Crippen molar-refractivity contribution in [1.29, 1.82) is 0 Å². The Morgan fingerprint density at radius 1 is 1.05 bits per heavy atom. The molecular formula is C17H16ClN3O. The summed E-state index contributed by atoms with van der Waals surface area (Å²) in [4.78, 5) is 0. The maximum atomic E-state index is 6.12. The van der Waals surface area contributed by atoms with Crippen LogP contribution in [0.4, 0.5) is 5.82 Å². The van der Waals surface area contributed by atoms with Crippen LogP contribution in [-0.4, -0.2) is 17.3 Å². The molecule has 0 bridgehead atoms. The highest BCUT2D eigenvalue weighted by Crippen LogP contribution is 2.27. The van der Waals surface area contributed by atoms with Crippen LogP contribution in [0.1, 0.15) is 11.1 Å². The summed E-state index contributed by atoms with van der Waals surface area (Å²) in [5.41, 5.74) is 2.29. The molecule has 5 heteroatoms. The number of rotatable bonds is 4. The zero-order chi connectivity index (χ0) is 15.5. The van der Waals surface area contributed by atoms with Crippen molar-refractivity contribution in [2.45, 2.75) is 13.5 Å². The minimum atomic E-state index is 0.421. The fourth-order valence-electron chi connectivity index (χ4n) is 2.30. The third-order valence-electron chi connectivity index (χ3n) is 3.51. The van der Waals surface area contributed by atoms with Gasteiger partial charge in [-0.05, 0) is 30.7 Å². The predicted octanol–water partition coefficient (Wildman–Crippen LogP) is 4.21. The van der Waals surface area contributed by atoms with Gasteiger partial charge in [0.05, 0.1) is 7.11 Å². The molecule has 4 nitrogen and oxygen atoms in total. The summed E-state index contributed by atoms with van der Waals surface area (Å²) in [7, 11) is 1.66. The number of nitrogens with one attached hydrogen (secondary N) is 1. The molecule has 0 atom stereocenters. The second kappa shape index (κ2) is 6.20. The fourth-order valence-corrected chi connectivity index (χ4v) is 2.50. The first-order valence-corrected chi connectivity index (χ1v) is 7.34. The molecule has 0 aliphatic carbocycles. The Morgan fingerprint density at radius 2 is 1.82 bits per heavy atom. The van der Waals surface area contributed by atoms with Gasteiger partial charge >= 0.3 is 0 Å². The van der Waals surface area contributed by atoms with Crippen LogP contribution in [0.15, 0.2) is 42.5 Å². The monoisotopic (exact) mass is 313 g/mol. The summed E-state index contributed by atoms with van der Waals surface area (Å²) < 4.78 is 5.16. The van der Waals surface area contributed by atoms with Crippen LogP contribution < -0.4 is 10.1 Å². The van der Waals surface area contributed by atoms with E-state index in [4.69, 9.17) is 16.3 Å². The van der Waals surface area contributed by atoms with E-state index in [1.54, 1.807) is 7.11 Å². The third-order valence-corrected chi connectivity index (χ3v) is 3.79. The molecule has 3 rings (SSSR count). The molecule has 0 fully saturated rings. The molecule has 0 saturated heterocycles. The second-order valence-electron chi connectivity index (χ2n) is 5.09. The molecule has 0 amide bonds.